The summed E-state index contributed by atoms with van der Waals surface area (Å²) in [6.07, 6.45) is 0. The SMILES string of the molecule is Cc1ccc(OCc2ccc(B3OC(C)(C)C(C)(C)O3)cc2)c([N+](=O)[O-])c1. The van der Waals surface area contributed by atoms with Crippen LogP contribution in [0, 0.1) is 17.0 Å². The van der Waals surface area contributed by atoms with Crippen molar-refractivity contribution < 1.29 is 19.0 Å². The molecule has 3 rings (SSSR count). The molecule has 7 heteroatoms. The first-order chi connectivity index (χ1) is 12.6. The van der Waals surface area contributed by atoms with E-state index in [1.807, 2.05) is 58.9 Å². The zero-order valence-electron chi connectivity index (χ0n) is 16.3. The lowest BCUT2D eigenvalue weighted by atomic mass is 9.79. The molecule has 6 nitrogen and oxygen atoms in total. The lowest BCUT2D eigenvalue weighted by Crippen LogP contribution is -2.41. The zero-order chi connectivity index (χ0) is 19.8. The van der Waals surface area contributed by atoms with Gasteiger partial charge >= 0.3 is 12.8 Å². The van der Waals surface area contributed by atoms with Crippen LogP contribution in [0.25, 0.3) is 0 Å². The van der Waals surface area contributed by atoms with Crippen molar-refractivity contribution in [1.29, 1.82) is 0 Å². The van der Waals surface area contributed by atoms with Crippen LogP contribution in [0.2, 0.25) is 0 Å². The van der Waals surface area contributed by atoms with Crippen molar-refractivity contribution in [3.63, 3.8) is 0 Å². The monoisotopic (exact) mass is 369 g/mol. The predicted octanol–water partition coefficient (Wildman–Crippen LogP) is 3.78. The maximum Gasteiger partial charge on any atom is 0.494 e. The molecule has 0 N–H and O–H groups in total. The van der Waals surface area contributed by atoms with Crippen molar-refractivity contribution in [2.24, 2.45) is 0 Å². The van der Waals surface area contributed by atoms with Crippen LogP contribution in [0.1, 0.15) is 38.8 Å². The van der Waals surface area contributed by atoms with E-state index in [9.17, 15) is 10.1 Å². The summed E-state index contributed by atoms with van der Waals surface area (Å²) in [6, 6.07) is 12.6. The van der Waals surface area contributed by atoms with E-state index >= 15 is 0 Å². The highest BCUT2D eigenvalue weighted by atomic mass is 16.7. The molecule has 2 aromatic rings. The molecule has 0 saturated carbocycles. The van der Waals surface area contributed by atoms with Crippen LogP contribution < -0.4 is 10.2 Å². The fraction of sp³-hybridized carbons (Fsp3) is 0.400. The molecule has 1 fully saturated rings. The standard InChI is InChI=1S/C20H24BNO5/c1-14-6-11-18(17(12-14)22(23)24)25-13-15-7-9-16(10-8-15)21-26-19(2,3)20(4,5)27-21/h6-12H,13H2,1-5H3. The Labute approximate surface area is 159 Å². The summed E-state index contributed by atoms with van der Waals surface area (Å²) >= 11 is 0. The molecular formula is C20H24BNO5. The Hall–Kier alpha value is -2.38. The quantitative estimate of drug-likeness (QED) is 0.456. The Kier molecular flexibility index (Phi) is 5.01. The lowest BCUT2D eigenvalue weighted by molar-refractivity contribution is -0.386. The third-order valence-electron chi connectivity index (χ3n) is 5.21. The van der Waals surface area contributed by atoms with Gasteiger partial charge in [-0.2, -0.15) is 0 Å². The smallest absolute Gasteiger partial charge is 0.482 e. The van der Waals surface area contributed by atoms with Gasteiger partial charge in [-0.25, -0.2) is 0 Å². The molecule has 1 heterocycles. The predicted molar refractivity (Wildman–Crippen MR) is 104 cm³/mol. The molecule has 2 aromatic carbocycles. The van der Waals surface area contributed by atoms with E-state index in [4.69, 9.17) is 14.0 Å². The maximum absolute atomic E-state index is 11.2. The number of benzene rings is 2. The Morgan fingerprint density at radius 2 is 1.63 bits per heavy atom. The van der Waals surface area contributed by atoms with Crippen LogP contribution in [-0.4, -0.2) is 23.2 Å². The van der Waals surface area contributed by atoms with Gasteiger partial charge in [0.25, 0.3) is 0 Å². The highest BCUT2D eigenvalue weighted by Gasteiger charge is 2.51. The summed E-state index contributed by atoms with van der Waals surface area (Å²) < 4.78 is 17.8. The summed E-state index contributed by atoms with van der Waals surface area (Å²) in [6.45, 7) is 10.1. The molecule has 1 aliphatic heterocycles. The van der Waals surface area contributed by atoms with Gasteiger partial charge in [-0.1, -0.05) is 30.3 Å². The van der Waals surface area contributed by atoms with Gasteiger partial charge in [0.2, 0.25) is 0 Å². The highest BCUT2D eigenvalue weighted by molar-refractivity contribution is 6.62. The van der Waals surface area contributed by atoms with E-state index in [0.717, 1.165) is 16.6 Å². The van der Waals surface area contributed by atoms with Gasteiger partial charge < -0.3 is 14.0 Å². The molecule has 27 heavy (non-hydrogen) atoms. The van der Waals surface area contributed by atoms with Gasteiger partial charge in [0.15, 0.2) is 5.75 Å². The largest absolute Gasteiger partial charge is 0.494 e. The molecular weight excluding hydrogens is 345 g/mol. The van der Waals surface area contributed by atoms with Crippen LogP contribution in [0.15, 0.2) is 42.5 Å². The first-order valence-electron chi connectivity index (χ1n) is 8.91. The Morgan fingerprint density at radius 3 is 2.19 bits per heavy atom. The Bertz CT molecular complexity index is 832. The van der Waals surface area contributed by atoms with Crippen LogP contribution >= 0.6 is 0 Å². The van der Waals surface area contributed by atoms with Gasteiger partial charge in [0.1, 0.15) is 6.61 Å². The van der Waals surface area contributed by atoms with Crippen molar-refractivity contribution in [3.05, 3.63) is 63.7 Å². The van der Waals surface area contributed by atoms with Gasteiger partial charge in [-0.15, -0.1) is 0 Å². The first kappa shape index (κ1) is 19.4. The van der Waals surface area contributed by atoms with E-state index in [1.54, 1.807) is 12.1 Å². The topological polar surface area (TPSA) is 70.8 Å². The molecule has 0 unspecified atom stereocenters. The molecule has 0 atom stereocenters. The number of hydrogen-bond donors (Lipinski definition) is 0. The fourth-order valence-corrected chi connectivity index (χ4v) is 2.80. The third-order valence-corrected chi connectivity index (χ3v) is 5.21. The molecule has 0 bridgehead atoms. The number of nitrogens with zero attached hydrogens (tertiary/aromatic N) is 1. The molecule has 1 aliphatic rings. The first-order valence-corrected chi connectivity index (χ1v) is 8.91. The third kappa shape index (κ3) is 3.99. The number of rotatable bonds is 5. The van der Waals surface area contributed by atoms with Gasteiger partial charge in [0, 0.05) is 6.07 Å². The van der Waals surface area contributed by atoms with Crippen LogP contribution in [0.5, 0.6) is 5.75 Å². The summed E-state index contributed by atoms with van der Waals surface area (Å²) in [5, 5.41) is 11.2. The molecule has 142 valence electrons. The normalized spacial score (nSPS) is 17.7. The zero-order valence-corrected chi connectivity index (χ0v) is 16.3. The Morgan fingerprint density at radius 1 is 1.04 bits per heavy atom. The highest BCUT2D eigenvalue weighted by Crippen LogP contribution is 2.36. The van der Waals surface area contributed by atoms with Gasteiger partial charge in [-0.3, -0.25) is 10.1 Å². The number of nitro groups is 1. The van der Waals surface area contributed by atoms with Crippen molar-refractivity contribution in [2.45, 2.75) is 52.4 Å². The van der Waals surface area contributed by atoms with Crippen molar-refractivity contribution in [3.8, 4) is 5.75 Å². The minimum Gasteiger partial charge on any atom is -0.482 e. The summed E-state index contributed by atoms with van der Waals surface area (Å²) in [7, 11) is -0.414. The minimum atomic E-state index is -0.427. The molecule has 0 amide bonds. The summed E-state index contributed by atoms with van der Waals surface area (Å²) in [5.41, 5.74) is 1.86. The average Bonchev–Trinajstić information content (AvgIpc) is 2.82. The van der Waals surface area contributed by atoms with E-state index in [2.05, 4.69) is 0 Å². The van der Waals surface area contributed by atoms with Gasteiger partial charge in [-0.05, 0) is 57.3 Å². The van der Waals surface area contributed by atoms with E-state index < -0.39 is 12.0 Å². The number of ether oxygens (including phenoxy) is 1. The second-order valence-corrected chi connectivity index (χ2v) is 7.85. The van der Waals surface area contributed by atoms with Crippen LogP contribution in [0.4, 0.5) is 5.69 Å². The molecule has 1 saturated heterocycles. The van der Waals surface area contributed by atoms with Crippen molar-refractivity contribution >= 4 is 18.3 Å². The van der Waals surface area contributed by atoms with Gasteiger partial charge in [0.05, 0.1) is 16.1 Å². The van der Waals surface area contributed by atoms with E-state index in [1.165, 1.54) is 6.07 Å². The number of hydrogen-bond acceptors (Lipinski definition) is 5. The van der Waals surface area contributed by atoms with Crippen molar-refractivity contribution in [2.75, 3.05) is 0 Å². The van der Waals surface area contributed by atoms with Crippen molar-refractivity contribution in [1.82, 2.24) is 0 Å². The second-order valence-electron chi connectivity index (χ2n) is 7.85. The van der Waals surface area contributed by atoms with E-state index in [0.29, 0.717) is 0 Å². The molecule has 0 radical (unpaired) electrons. The summed E-state index contributed by atoms with van der Waals surface area (Å²) in [5.74, 6) is 0.264. The molecule has 0 aliphatic carbocycles. The Balaban J connectivity index is 1.68. The van der Waals surface area contributed by atoms with E-state index in [-0.39, 0.29) is 29.2 Å². The molecule has 0 spiro atoms. The number of aryl methyl sites for hydroxylation is 1. The number of nitro benzene ring substituents is 1. The molecule has 0 aromatic heterocycles. The average molecular weight is 369 g/mol. The second kappa shape index (κ2) is 6.98. The maximum atomic E-state index is 11.2. The minimum absolute atomic E-state index is 0.0242. The van der Waals surface area contributed by atoms with Crippen LogP contribution in [0.3, 0.4) is 0 Å². The van der Waals surface area contributed by atoms with Crippen LogP contribution in [-0.2, 0) is 15.9 Å². The summed E-state index contributed by atoms with van der Waals surface area (Å²) in [4.78, 5) is 10.8. The lowest BCUT2D eigenvalue weighted by Gasteiger charge is -2.32. The fourth-order valence-electron chi connectivity index (χ4n) is 2.80.